The minimum Gasteiger partial charge on any atom is -0.302 e. The van der Waals surface area contributed by atoms with Crippen molar-refractivity contribution in [2.24, 2.45) is 0 Å². The highest BCUT2D eigenvalue weighted by Crippen LogP contribution is 2.29. The van der Waals surface area contributed by atoms with Crippen molar-refractivity contribution in [1.82, 2.24) is 4.98 Å². The minimum absolute atomic E-state index is 0.0867. The van der Waals surface area contributed by atoms with Crippen molar-refractivity contribution < 1.29 is 4.79 Å². The van der Waals surface area contributed by atoms with Crippen LogP contribution in [0.2, 0.25) is 0 Å². The molecule has 0 saturated carbocycles. The number of fused-ring (bicyclic) bond motifs is 1. The van der Waals surface area contributed by atoms with Crippen molar-refractivity contribution >= 4 is 34.0 Å². The first-order valence-electron chi connectivity index (χ1n) is 7.20. The molecule has 0 unspecified atom stereocenters. The maximum Gasteiger partial charge on any atom is 0.227 e. The van der Waals surface area contributed by atoms with Crippen LogP contribution in [0.25, 0.3) is 11.3 Å². The molecule has 1 aromatic carbocycles. The quantitative estimate of drug-likeness (QED) is 0.855. The monoisotopic (exact) mass is 320 g/mol. The highest BCUT2D eigenvalue weighted by Gasteiger charge is 2.12. The van der Waals surface area contributed by atoms with Gasteiger partial charge in [-0.2, -0.15) is 0 Å². The van der Waals surface area contributed by atoms with E-state index in [0.717, 1.165) is 17.7 Å². The number of nitrogens with zero attached hydrogens (tertiary/aromatic N) is 1. The van der Waals surface area contributed by atoms with E-state index in [4.69, 9.17) is 11.6 Å². The topological polar surface area (TPSA) is 42.0 Å². The maximum atomic E-state index is 11.5. The third kappa shape index (κ3) is 3.44. The summed E-state index contributed by atoms with van der Waals surface area (Å²) in [5.41, 5.74) is 4.97. The number of benzene rings is 1. The van der Waals surface area contributed by atoms with Crippen LogP contribution in [0.4, 0.5) is 5.13 Å². The van der Waals surface area contributed by atoms with E-state index < -0.39 is 0 Å². The van der Waals surface area contributed by atoms with Gasteiger partial charge in [-0.1, -0.05) is 12.1 Å². The SMILES string of the molecule is O=C(CCCl)Nc1nc(-c2ccc3c(c2)CCCC3)cs1. The minimum atomic E-state index is -0.0867. The molecular weight excluding hydrogens is 304 g/mol. The Morgan fingerprint density at radius 3 is 2.90 bits per heavy atom. The number of anilines is 1. The fourth-order valence-electron chi connectivity index (χ4n) is 2.62. The Balaban J connectivity index is 1.78. The number of alkyl halides is 1. The van der Waals surface area contributed by atoms with Crippen molar-refractivity contribution in [2.45, 2.75) is 32.1 Å². The molecule has 5 heteroatoms. The summed E-state index contributed by atoms with van der Waals surface area (Å²) in [7, 11) is 0. The zero-order valence-corrected chi connectivity index (χ0v) is 13.3. The Hall–Kier alpha value is -1.39. The molecule has 1 aromatic heterocycles. The molecule has 0 spiro atoms. The number of hydrogen-bond donors (Lipinski definition) is 1. The molecule has 0 fully saturated rings. The molecule has 2 aromatic rings. The number of rotatable bonds is 4. The summed E-state index contributed by atoms with van der Waals surface area (Å²) in [6.45, 7) is 0. The largest absolute Gasteiger partial charge is 0.302 e. The molecule has 1 aliphatic rings. The van der Waals surface area contributed by atoms with Gasteiger partial charge in [0.05, 0.1) is 5.69 Å². The molecule has 21 heavy (non-hydrogen) atoms. The van der Waals surface area contributed by atoms with E-state index in [1.54, 1.807) is 0 Å². The first-order chi connectivity index (χ1) is 10.3. The van der Waals surface area contributed by atoms with E-state index in [1.165, 1.54) is 41.7 Å². The molecule has 0 radical (unpaired) electrons. The van der Waals surface area contributed by atoms with Crippen LogP contribution < -0.4 is 5.32 Å². The van der Waals surface area contributed by atoms with Crippen LogP contribution >= 0.6 is 22.9 Å². The van der Waals surface area contributed by atoms with Gasteiger partial charge in [0.25, 0.3) is 0 Å². The van der Waals surface area contributed by atoms with Gasteiger partial charge >= 0.3 is 0 Å². The highest BCUT2D eigenvalue weighted by atomic mass is 35.5. The molecule has 0 saturated heterocycles. The molecule has 1 heterocycles. The van der Waals surface area contributed by atoms with Gasteiger partial charge in [-0.15, -0.1) is 22.9 Å². The van der Waals surface area contributed by atoms with Crippen molar-refractivity contribution in [1.29, 1.82) is 0 Å². The summed E-state index contributed by atoms with van der Waals surface area (Å²) in [5.74, 6) is 0.242. The van der Waals surface area contributed by atoms with E-state index >= 15 is 0 Å². The highest BCUT2D eigenvalue weighted by molar-refractivity contribution is 7.14. The predicted octanol–water partition coefficient (Wildman–Crippen LogP) is 4.26. The van der Waals surface area contributed by atoms with Gasteiger partial charge in [0.1, 0.15) is 0 Å². The number of aromatic nitrogens is 1. The van der Waals surface area contributed by atoms with E-state index in [-0.39, 0.29) is 5.91 Å². The van der Waals surface area contributed by atoms with Crippen molar-refractivity contribution in [3.63, 3.8) is 0 Å². The Kier molecular flexibility index (Phi) is 4.56. The number of thiazole rings is 1. The van der Waals surface area contributed by atoms with Gasteiger partial charge in [0.2, 0.25) is 5.91 Å². The maximum absolute atomic E-state index is 11.5. The fraction of sp³-hybridized carbons (Fsp3) is 0.375. The average Bonchev–Trinajstić information content (AvgIpc) is 2.95. The van der Waals surface area contributed by atoms with Crippen LogP contribution in [0, 0.1) is 0 Å². The lowest BCUT2D eigenvalue weighted by Gasteiger charge is -2.16. The first-order valence-corrected chi connectivity index (χ1v) is 8.61. The summed E-state index contributed by atoms with van der Waals surface area (Å²) in [5, 5.41) is 5.40. The normalized spacial score (nSPS) is 13.8. The molecular formula is C16H17ClN2OS. The smallest absolute Gasteiger partial charge is 0.227 e. The van der Waals surface area contributed by atoms with Crippen molar-refractivity contribution in [3.8, 4) is 11.3 Å². The van der Waals surface area contributed by atoms with Gasteiger partial charge in [-0.25, -0.2) is 4.98 Å². The van der Waals surface area contributed by atoms with Crippen molar-refractivity contribution in [2.75, 3.05) is 11.2 Å². The van der Waals surface area contributed by atoms with Gasteiger partial charge in [-0.3, -0.25) is 4.79 Å². The van der Waals surface area contributed by atoms with E-state index in [0.29, 0.717) is 17.4 Å². The third-order valence-electron chi connectivity index (χ3n) is 3.72. The molecule has 1 amide bonds. The zero-order chi connectivity index (χ0) is 14.7. The molecule has 3 rings (SSSR count). The van der Waals surface area contributed by atoms with Crippen LogP contribution in [-0.4, -0.2) is 16.8 Å². The predicted molar refractivity (Wildman–Crippen MR) is 88.2 cm³/mol. The average molecular weight is 321 g/mol. The number of amides is 1. The lowest BCUT2D eigenvalue weighted by Crippen LogP contribution is -2.11. The Morgan fingerprint density at radius 2 is 2.10 bits per heavy atom. The van der Waals surface area contributed by atoms with Crippen LogP contribution in [0.1, 0.15) is 30.4 Å². The summed E-state index contributed by atoms with van der Waals surface area (Å²) in [4.78, 5) is 16.0. The number of halogens is 1. The summed E-state index contributed by atoms with van der Waals surface area (Å²) in [6, 6.07) is 6.59. The fourth-order valence-corrected chi connectivity index (χ4v) is 3.53. The molecule has 0 bridgehead atoms. The van der Waals surface area contributed by atoms with E-state index in [1.807, 2.05) is 5.38 Å². The summed E-state index contributed by atoms with van der Waals surface area (Å²) < 4.78 is 0. The van der Waals surface area contributed by atoms with Crippen LogP contribution in [0.15, 0.2) is 23.6 Å². The Bertz CT molecular complexity index is 653. The summed E-state index contributed by atoms with van der Waals surface area (Å²) >= 11 is 7.00. The van der Waals surface area contributed by atoms with E-state index in [2.05, 4.69) is 28.5 Å². The molecule has 0 atom stereocenters. The van der Waals surface area contributed by atoms with Crippen LogP contribution in [0.5, 0.6) is 0 Å². The molecule has 110 valence electrons. The Labute approximate surface area is 133 Å². The zero-order valence-electron chi connectivity index (χ0n) is 11.7. The van der Waals surface area contributed by atoms with Crippen molar-refractivity contribution in [3.05, 3.63) is 34.7 Å². The van der Waals surface area contributed by atoms with Gasteiger partial charge in [-0.05, 0) is 42.9 Å². The standard InChI is InChI=1S/C16H17ClN2OS/c17-8-7-15(20)19-16-18-14(10-21-16)13-6-5-11-3-1-2-4-12(11)9-13/h5-6,9-10H,1-4,7-8H2,(H,18,19,20). The van der Waals surface area contributed by atoms with Gasteiger partial charge < -0.3 is 5.32 Å². The number of carbonyl (C=O) groups excluding carboxylic acids is 1. The Morgan fingerprint density at radius 1 is 1.29 bits per heavy atom. The number of carbonyl (C=O) groups is 1. The number of nitrogens with one attached hydrogen (secondary N) is 1. The van der Waals surface area contributed by atoms with Crippen LogP contribution in [-0.2, 0) is 17.6 Å². The number of hydrogen-bond acceptors (Lipinski definition) is 3. The second-order valence-electron chi connectivity index (χ2n) is 5.22. The molecule has 0 aliphatic heterocycles. The van der Waals surface area contributed by atoms with Gasteiger partial charge in [0.15, 0.2) is 5.13 Å². The van der Waals surface area contributed by atoms with Crippen LogP contribution in [0.3, 0.4) is 0 Å². The molecule has 3 nitrogen and oxygen atoms in total. The van der Waals surface area contributed by atoms with E-state index in [9.17, 15) is 4.79 Å². The first kappa shape index (κ1) is 14.5. The second-order valence-corrected chi connectivity index (χ2v) is 6.45. The molecule has 1 aliphatic carbocycles. The molecule has 1 N–H and O–H groups in total. The van der Waals surface area contributed by atoms with Gasteiger partial charge in [0, 0.05) is 23.2 Å². The lowest BCUT2D eigenvalue weighted by molar-refractivity contribution is -0.115. The second kappa shape index (κ2) is 6.58. The third-order valence-corrected chi connectivity index (χ3v) is 4.66. The number of aryl methyl sites for hydroxylation is 2. The summed E-state index contributed by atoms with van der Waals surface area (Å²) in [6.07, 6.45) is 5.22. The lowest BCUT2D eigenvalue weighted by atomic mass is 9.90.